The number of carboxylic acids is 1. The molecule has 4 rings (SSSR count). The highest BCUT2D eigenvalue weighted by Gasteiger charge is 2.29. The van der Waals surface area contributed by atoms with E-state index in [-0.39, 0.29) is 30.5 Å². The number of ether oxygens (including phenoxy) is 1. The average molecular weight is 420 g/mol. The Labute approximate surface area is 177 Å². The molecule has 0 spiro atoms. The van der Waals surface area contributed by atoms with Gasteiger partial charge in [-0.05, 0) is 22.3 Å². The lowest BCUT2D eigenvalue weighted by Gasteiger charge is -2.14. The summed E-state index contributed by atoms with van der Waals surface area (Å²) < 4.78 is 6.64. The lowest BCUT2D eigenvalue weighted by molar-refractivity contribution is -0.115. The van der Waals surface area contributed by atoms with E-state index < -0.39 is 18.0 Å². The van der Waals surface area contributed by atoms with Crippen molar-refractivity contribution in [1.29, 1.82) is 0 Å². The van der Waals surface area contributed by atoms with E-state index in [4.69, 9.17) is 9.84 Å². The number of nitrogens with zero attached hydrogens (tertiary/aromatic N) is 2. The molecular formula is C22H20N4O5. The first-order chi connectivity index (χ1) is 14.9. The number of fused-ring (bicyclic) bond motifs is 3. The maximum atomic E-state index is 12.1. The van der Waals surface area contributed by atoms with Gasteiger partial charge in [-0.3, -0.25) is 9.48 Å². The van der Waals surface area contributed by atoms with Crippen molar-refractivity contribution in [3.8, 4) is 11.1 Å². The van der Waals surface area contributed by atoms with Gasteiger partial charge in [0.05, 0.1) is 0 Å². The SMILES string of the molecule is Cn1cc(C(=O)O)c(NC(=O)CNC(=O)OCC2c3ccccc3-c3ccccc32)n1. The Morgan fingerprint density at radius 2 is 1.68 bits per heavy atom. The van der Waals surface area contributed by atoms with Crippen LogP contribution in [0.3, 0.4) is 0 Å². The number of aromatic carboxylic acids is 1. The quantitative estimate of drug-likeness (QED) is 0.563. The first-order valence-corrected chi connectivity index (χ1v) is 9.59. The number of carboxylic acid groups (broad SMARTS) is 1. The Morgan fingerprint density at radius 1 is 1.06 bits per heavy atom. The second kappa shape index (κ2) is 8.31. The largest absolute Gasteiger partial charge is 0.477 e. The Kier molecular flexibility index (Phi) is 5.40. The van der Waals surface area contributed by atoms with Gasteiger partial charge in [0.15, 0.2) is 5.82 Å². The van der Waals surface area contributed by atoms with Crippen molar-refractivity contribution in [1.82, 2.24) is 15.1 Å². The third-order valence-corrected chi connectivity index (χ3v) is 5.05. The summed E-state index contributed by atoms with van der Waals surface area (Å²) in [5.41, 5.74) is 4.28. The molecule has 0 fully saturated rings. The zero-order chi connectivity index (χ0) is 22.0. The molecule has 0 unspecified atom stereocenters. The molecule has 1 heterocycles. The van der Waals surface area contributed by atoms with Crippen molar-refractivity contribution in [2.75, 3.05) is 18.5 Å². The van der Waals surface area contributed by atoms with E-state index in [9.17, 15) is 14.4 Å². The number of nitrogens with one attached hydrogen (secondary N) is 2. The first-order valence-electron chi connectivity index (χ1n) is 9.59. The number of amides is 2. The summed E-state index contributed by atoms with van der Waals surface area (Å²) >= 11 is 0. The van der Waals surface area contributed by atoms with Crippen LogP contribution in [0.25, 0.3) is 11.1 Å². The third kappa shape index (κ3) is 4.11. The van der Waals surface area contributed by atoms with E-state index in [1.54, 1.807) is 0 Å². The molecule has 0 saturated heterocycles. The van der Waals surface area contributed by atoms with Gasteiger partial charge in [-0.2, -0.15) is 5.10 Å². The molecule has 0 aliphatic heterocycles. The predicted molar refractivity (Wildman–Crippen MR) is 112 cm³/mol. The summed E-state index contributed by atoms with van der Waals surface area (Å²) in [6.07, 6.45) is 0.535. The molecule has 2 aromatic carbocycles. The van der Waals surface area contributed by atoms with E-state index in [0.717, 1.165) is 22.3 Å². The van der Waals surface area contributed by atoms with Gasteiger partial charge in [-0.15, -0.1) is 0 Å². The summed E-state index contributed by atoms with van der Waals surface area (Å²) in [6.45, 7) is -0.253. The minimum atomic E-state index is -1.21. The first kappa shape index (κ1) is 20.1. The Balaban J connectivity index is 1.33. The summed E-state index contributed by atoms with van der Waals surface area (Å²) in [5, 5.41) is 17.8. The molecule has 31 heavy (non-hydrogen) atoms. The van der Waals surface area contributed by atoms with Gasteiger partial charge in [0.2, 0.25) is 5.91 Å². The number of alkyl carbamates (subject to hydrolysis) is 1. The highest BCUT2D eigenvalue weighted by molar-refractivity contribution is 6.00. The van der Waals surface area contributed by atoms with Crippen molar-refractivity contribution in [2.24, 2.45) is 7.05 Å². The lowest BCUT2D eigenvalue weighted by Crippen LogP contribution is -2.34. The zero-order valence-electron chi connectivity index (χ0n) is 16.7. The number of rotatable bonds is 6. The number of carbonyl (C=O) groups is 3. The molecule has 1 aromatic heterocycles. The van der Waals surface area contributed by atoms with E-state index in [0.29, 0.717) is 0 Å². The molecule has 0 radical (unpaired) electrons. The van der Waals surface area contributed by atoms with Crippen molar-refractivity contribution < 1.29 is 24.2 Å². The van der Waals surface area contributed by atoms with Gasteiger partial charge >= 0.3 is 12.1 Å². The fourth-order valence-corrected chi connectivity index (χ4v) is 3.72. The van der Waals surface area contributed by atoms with Gasteiger partial charge in [0.1, 0.15) is 18.7 Å². The topological polar surface area (TPSA) is 123 Å². The Bertz CT molecular complexity index is 1120. The molecule has 3 aromatic rings. The van der Waals surface area contributed by atoms with Gasteiger partial charge < -0.3 is 20.5 Å². The lowest BCUT2D eigenvalue weighted by atomic mass is 9.98. The van der Waals surface area contributed by atoms with E-state index in [1.807, 2.05) is 48.5 Å². The van der Waals surface area contributed by atoms with Gasteiger partial charge in [-0.1, -0.05) is 48.5 Å². The number of aryl methyl sites for hydroxylation is 1. The van der Waals surface area contributed by atoms with Crippen LogP contribution in [-0.2, 0) is 16.6 Å². The van der Waals surface area contributed by atoms with Crippen molar-refractivity contribution in [2.45, 2.75) is 5.92 Å². The van der Waals surface area contributed by atoms with Crippen LogP contribution in [0, 0.1) is 0 Å². The minimum absolute atomic E-state index is 0.0846. The fourth-order valence-electron chi connectivity index (χ4n) is 3.72. The standard InChI is InChI=1S/C22H20N4O5/c1-26-11-17(21(28)29)20(25-26)24-19(27)10-23-22(30)31-12-18-15-8-4-2-6-13(15)14-7-3-5-9-16(14)18/h2-9,11,18H,10,12H2,1H3,(H,23,30)(H,28,29)(H,24,25,27). The maximum Gasteiger partial charge on any atom is 0.407 e. The summed E-state index contributed by atoms with van der Waals surface area (Å²) in [4.78, 5) is 35.4. The average Bonchev–Trinajstić information content (AvgIpc) is 3.28. The molecule has 0 bridgehead atoms. The zero-order valence-corrected chi connectivity index (χ0v) is 16.7. The van der Waals surface area contributed by atoms with Crippen molar-refractivity contribution >= 4 is 23.8 Å². The smallest absolute Gasteiger partial charge is 0.407 e. The summed E-state index contributed by atoms with van der Waals surface area (Å²) in [5.74, 6) is -2.00. The molecule has 0 saturated carbocycles. The van der Waals surface area contributed by atoms with Gasteiger partial charge in [0, 0.05) is 19.2 Å². The van der Waals surface area contributed by atoms with Gasteiger partial charge in [-0.25, -0.2) is 9.59 Å². The van der Waals surface area contributed by atoms with Crippen LogP contribution in [0.1, 0.15) is 27.4 Å². The molecule has 2 amide bonds. The molecule has 1 aliphatic rings. The Hall–Kier alpha value is -4.14. The predicted octanol–water partition coefficient (Wildman–Crippen LogP) is 2.60. The normalized spacial score (nSPS) is 12.0. The van der Waals surface area contributed by atoms with Crippen LogP contribution in [0.2, 0.25) is 0 Å². The highest BCUT2D eigenvalue weighted by atomic mass is 16.5. The number of anilines is 1. The second-order valence-corrected chi connectivity index (χ2v) is 7.10. The molecule has 158 valence electrons. The molecular weight excluding hydrogens is 400 g/mol. The fraction of sp³-hybridized carbons (Fsp3) is 0.182. The molecule has 3 N–H and O–H groups in total. The third-order valence-electron chi connectivity index (χ3n) is 5.05. The van der Waals surface area contributed by atoms with Crippen LogP contribution in [0.5, 0.6) is 0 Å². The number of benzene rings is 2. The maximum absolute atomic E-state index is 12.1. The number of aromatic nitrogens is 2. The summed E-state index contributed by atoms with van der Waals surface area (Å²) in [7, 11) is 1.54. The van der Waals surface area contributed by atoms with Crippen LogP contribution in [0.4, 0.5) is 10.6 Å². The molecule has 9 nitrogen and oxygen atoms in total. The molecule has 0 atom stereocenters. The Morgan fingerprint density at radius 3 is 2.29 bits per heavy atom. The number of hydrogen-bond donors (Lipinski definition) is 3. The monoisotopic (exact) mass is 420 g/mol. The summed E-state index contributed by atoms with van der Waals surface area (Å²) in [6, 6.07) is 16.0. The number of hydrogen-bond acceptors (Lipinski definition) is 5. The van der Waals surface area contributed by atoms with Crippen LogP contribution in [0.15, 0.2) is 54.7 Å². The van der Waals surface area contributed by atoms with Crippen molar-refractivity contribution in [3.63, 3.8) is 0 Å². The van der Waals surface area contributed by atoms with Crippen molar-refractivity contribution in [3.05, 3.63) is 71.4 Å². The van der Waals surface area contributed by atoms with Crippen LogP contribution >= 0.6 is 0 Å². The second-order valence-electron chi connectivity index (χ2n) is 7.10. The minimum Gasteiger partial charge on any atom is -0.477 e. The van der Waals surface area contributed by atoms with E-state index in [2.05, 4.69) is 15.7 Å². The molecule has 9 heteroatoms. The van der Waals surface area contributed by atoms with Gasteiger partial charge in [0.25, 0.3) is 0 Å². The van der Waals surface area contributed by atoms with Crippen LogP contribution in [-0.4, -0.2) is 46.0 Å². The van der Waals surface area contributed by atoms with Crippen LogP contribution < -0.4 is 10.6 Å². The highest BCUT2D eigenvalue weighted by Crippen LogP contribution is 2.44. The van der Waals surface area contributed by atoms with E-state index >= 15 is 0 Å². The van der Waals surface area contributed by atoms with E-state index in [1.165, 1.54) is 17.9 Å². The number of carbonyl (C=O) groups excluding carboxylic acids is 2. The molecule has 1 aliphatic carbocycles.